The number of sulfonamides is 1. The van der Waals surface area contributed by atoms with Crippen LogP contribution in [0.15, 0.2) is 47.4 Å². The molecule has 0 aromatic heterocycles. The van der Waals surface area contributed by atoms with Crippen LogP contribution in [0, 0.1) is 13.8 Å². The summed E-state index contributed by atoms with van der Waals surface area (Å²) in [5.41, 5.74) is 2.70. The van der Waals surface area contributed by atoms with Crippen molar-refractivity contribution in [3.05, 3.63) is 59.2 Å². The van der Waals surface area contributed by atoms with E-state index in [9.17, 15) is 8.42 Å². The first-order valence-electron chi connectivity index (χ1n) is 8.05. The number of methoxy groups -OCH3 is 1. The van der Waals surface area contributed by atoms with Crippen LogP contribution in [0.4, 0.5) is 0 Å². The Morgan fingerprint density at radius 2 is 1.75 bits per heavy atom. The van der Waals surface area contributed by atoms with E-state index in [4.69, 9.17) is 4.74 Å². The first-order chi connectivity index (χ1) is 11.3. The Morgan fingerprint density at radius 1 is 1.08 bits per heavy atom. The van der Waals surface area contributed by atoms with Crippen LogP contribution in [-0.2, 0) is 16.4 Å². The lowest BCUT2D eigenvalue weighted by atomic mass is 10.1. The molecule has 2 aromatic carbocycles. The largest absolute Gasteiger partial charge is 0.496 e. The molecule has 0 radical (unpaired) electrons. The van der Waals surface area contributed by atoms with E-state index < -0.39 is 10.0 Å². The molecule has 0 aliphatic heterocycles. The number of rotatable bonds is 7. The summed E-state index contributed by atoms with van der Waals surface area (Å²) in [7, 11) is -1.96. The van der Waals surface area contributed by atoms with Crippen LogP contribution in [0.5, 0.6) is 5.75 Å². The highest BCUT2D eigenvalue weighted by Crippen LogP contribution is 2.25. The lowest BCUT2D eigenvalue weighted by Crippen LogP contribution is -2.33. The molecule has 0 spiro atoms. The van der Waals surface area contributed by atoms with Crippen molar-refractivity contribution in [1.82, 2.24) is 4.72 Å². The van der Waals surface area contributed by atoms with Crippen molar-refractivity contribution in [3.63, 3.8) is 0 Å². The third-order valence-electron chi connectivity index (χ3n) is 4.05. The average Bonchev–Trinajstić information content (AvgIpc) is 2.55. The highest BCUT2D eigenvalue weighted by Gasteiger charge is 2.21. The molecule has 1 atom stereocenters. The maximum atomic E-state index is 12.7. The normalized spacial score (nSPS) is 12.8. The summed E-state index contributed by atoms with van der Waals surface area (Å²) in [6.07, 6.45) is 1.59. The van der Waals surface area contributed by atoms with Gasteiger partial charge in [-0.15, -0.1) is 0 Å². The van der Waals surface area contributed by atoms with Crippen LogP contribution in [0.1, 0.15) is 30.0 Å². The van der Waals surface area contributed by atoms with E-state index in [1.54, 1.807) is 26.2 Å². The lowest BCUT2D eigenvalue weighted by molar-refractivity contribution is 0.411. The Kier molecular flexibility index (Phi) is 6.02. The minimum atomic E-state index is -3.55. The monoisotopic (exact) mass is 347 g/mol. The van der Waals surface area contributed by atoms with Gasteiger partial charge in [-0.25, -0.2) is 13.1 Å². The quantitative estimate of drug-likeness (QED) is 0.832. The number of nitrogens with one attached hydrogen (secondary N) is 1. The van der Waals surface area contributed by atoms with Crippen molar-refractivity contribution in [3.8, 4) is 5.75 Å². The van der Waals surface area contributed by atoms with Crippen molar-refractivity contribution < 1.29 is 13.2 Å². The summed E-state index contributed by atoms with van der Waals surface area (Å²) in [5, 5.41) is 0. The Hall–Kier alpha value is -1.85. The second kappa shape index (κ2) is 7.81. The van der Waals surface area contributed by atoms with Crippen LogP contribution in [0.3, 0.4) is 0 Å². The third kappa shape index (κ3) is 4.58. The smallest absolute Gasteiger partial charge is 0.241 e. The van der Waals surface area contributed by atoms with E-state index in [1.807, 2.05) is 32.0 Å². The molecule has 2 rings (SSSR count). The predicted molar refractivity (Wildman–Crippen MR) is 97.0 cm³/mol. The van der Waals surface area contributed by atoms with Gasteiger partial charge in [-0.1, -0.05) is 30.3 Å². The molecule has 0 amide bonds. The minimum absolute atomic E-state index is 0.142. The van der Waals surface area contributed by atoms with Crippen molar-refractivity contribution >= 4 is 10.0 Å². The topological polar surface area (TPSA) is 55.4 Å². The number of benzene rings is 2. The van der Waals surface area contributed by atoms with Crippen LogP contribution in [-0.4, -0.2) is 21.6 Å². The van der Waals surface area contributed by atoms with Gasteiger partial charge in [-0.3, -0.25) is 0 Å². The van der Waals surface area contributed by atoms with Gasteiger partial charge in [0.05, 0.1) is 12.0 Å². The highest BCUT2D eigenvalue weighted by molar-refractivity contribution is 7.89. The van der Waals surface area contributed by atoms with Crippen LogP contribution in [0.25, 0.3) is 0 Å². The molecule has 0 aliphatic carbocycles. The summed E-state index contributed by atoms with van der Waals surface area (Å²) in [5.74, 6) is 0.698. The van der Waals surface area contributed by atoms with Gasteiger partial charge >= 0.3 is 0 Å². The molecular formula is C19H25NO3S. The molecule has 130 valence electrons. The highest BCUT2D eigenvalue weighted by atomic mass is 32.2. The second-order valence-electron chi connectivity index (χ2n) is 6.13. The van der Waals surface area contributed by atoms with Gasteiger partial charge in [-0.2, -0.15) is 0 Å². The molecule has 0 bridgehead atoms. The van der Waals surface area contributed by atoms with Gasteiger partial charge in [0.25, 0.3) is 0 Å². The number of hydrogen-bond acceptors (Lipinski definition) is 3. The molecule has 1 N–H and O–H groups in total. The van der Waals surface area contributed by atoms with Gasteiger partial charge in [0.15, 0.2) is 0 Å². The van der Waals surface area contributed by atoms with Crippen molar-refractivity contribution in [1.29, 1.82) is 0 Å². The number of aryl methyl sites for hydroxylation is 3. The molecule has 4 nitrogen and oxygen atoms in total. The van der Waals surface area contributed by atoms with Crippen molar-refractivity contribution in [2.45, 2.75) is 44.6 Å². The number of hydrogen-bond donors (Lipinski definition) is 1. The zero-order valence-corrected chi connectivity index (χ0v) is 15.5. The molecule has 0 unspecified atom stereocenters. The molecule has 24 heavy (non-hydrogen) atoms. The summed E-state index contributed by atoms with van der Waals surface area (Å²) in [6, 6.07) is 13.4. The Bertz CT molecular complexity index is 786. The summed E-state index contributed by atoms with van der Waals surface area (Å²) < 4.78 is 33.4. The standard InChI is InChI=1S/C19H25NO3S/c1-14-13-19(15(2)12-18(14)23-4)24(21,22)20-16(3)10-11-17-8-6-5-7-9-17/h5-9,12-13,16,20H,10-11H2,1-4H3/t16-/m0/s1. The van der Waals surface area contributed by atoms with E-state index in [1.165, 1.54) is 5.56 Å². The predicted octanol–water partition coefficient (Wildman–Crippen LogP) is 3.61. The van der Waals surface area contributed by atoms with E-state index in [-0.39, 0.29) is 6.04 Å². The maximum Gasteiger partial charge on any atom is 0.241 e. The van der Waals surface area contributed by atoms with Crippen molar-refractivity contribution in [2.24, 2.45) is 0 Å². The summed E-state index contributed by atoms with van der Waals surface area (Å²) in [4.78, 5) is 0.312. The molecule has 2 aromatic rings. The molecule has 5 heteroatoms. The second-order valence-corrected chi connectivity index (χ2v) is 7.82. The third-order valence-corrected chi connectivity index (χ3v) is 5.78. The molecular weight excluding hydrogens is 322 g/mol. The van der Waals surface area contributed by atoms with Gasteiger partial charge < -0.3 is 4.74 Å². The van der Waals surface area contributed by atoms with E-state index >= 15 is 0 Å². The molecule has 0 saturated carbocycles. The molecule has 0 aliphatic rings. The van der Waals surface area contributed by atoms with Crippen LogP contribution < -0.4 is 9.46 Å². The lowest BCUT2D eigenvalue weighted by Gasteiger charge is -2.17. The van der Waals surface area contributed by atoms with E-state index in [0.29, 0.717) is 16.2 Å². The van der Waals surface area contributed by atoms with E-state index in [2.05, 4.69) is 16.9 Å². The Labute approximate surface area is 144 Å². The zero-order valence-electron chi connectivity index (χ0n) is 14.7. The zero-order chi connectivity index (χ0) is 17.7. The first-order valence-corrected chi connectivity index (χ1v) is 9.53. The summed E-state index contributed by atoms with van der Waals surface area (Å²) >= 11 is 0. The molecule has 0 fully saturated rings. The summed E-state index contributed by atoms with van der Waals surface area (Å²) in [6.45, 7) is 5.52. The van der Waals surface area contributed by atoms with Gasteiger partial charge in [0.2, 0.25) is 10.0 Å². The molecule has 0 saturated heterocycles. The first kappa shape index (κ1) is 18.5. The molecule has 0 heterocycles. The fourth-order valence-electron chi connectivity index (χ4n) is 2.69. The fourth-order valence-corrected chi connectivity index (χ4v) is 4.28. The van der Waals surface area contributed by atoms with Crippen LogP contribution >= 0.6 is 0 Å². The van der Waals surface area contributed by atoms with Gasteiger partial charge in [0, 0.05) is 6.04 Å². The van der Waals surface area contributed by atoms with Crippen molar-refractivity contribution in [2.75, 3.05) is 7.11 Å². The SMILES string of the molecule is COc1cc(C)c(S(=O)(=O)N[C@@H](C)CCc2ccccc2)cc1C. The van der Waals surface area contributed by atoms with Crippen LogP contribution in [0.2, 0.25) is 0 Å². The minimum Gasteiger partial charge on any atom is -0.496 e. The van der Waals surface area contributed by atoms with Gasteiger partial charge in [-0.05, 0) is 62.4 Å². The average molecular weight is 347 g/mol. The maximum absolute atomic E-state index is 12.7. The fraction of sp³-hybridized carbons (Fsp3) is 0.368. The Morgan fingerprint density at radius 3 is 2.38 bits per heavy atom. The number of ether oxygens (including phenoxy) is 1. The van der Waals surface area contributed by atoms with Gasteiger partial charge in [0.1, 0.15) is 5.75 Å². The Balaban J connectivity index is 2.09. The van der Waals surface area contributed by atoms with E-state index in [0.717, 1.165) is 18.4 Å².